The molecule has 25 heavy (non-hydrogen) atoms. The van der Waals surface area contributed by atoms with Crippen LogP contribution >= 0.6 is 0 Å². The molecule has 1 aliphatic rings. The minimum absolute atomic E-state index is 0.0279. The summed E-state index contributed by atoms with van der Waals surface area (Å²) >= 11 is 0. The number of amides is 2. The number of hydrogen-bond donors (Lipinski definition) is 1. The first kappa shape index (κ1) is 17.3. The van der Waals surface area contributed by atoms with Crippen molar-refractivity contribution in [3.63, 3.8) is 0 Å². The number of urea groups is 1. The van der Waals surface area contributed by atoms with E-state index in [2.05, 4.69) is 5.32 Å². The Balaban J connectivity index is 1.51. The van der Waals surface area contributed by atoms with E-state index in [-0.39, 0.29) is 17.5 Å². The van der Waals surface area contributed by atoms with Gasteiger partial charge < -0.3 is 10.2 Å². The standard InChI is InChI=1S/C19H19F3N2O/c20-15-3-1-13(2-4-15)11-14-7-9-24(10-8-14)19(25)23-18-6-5-16(21)12-17(18)22/h1-6,12,14H,7-11H2,(H,23,25). The smallest absolute Gasteiger partial charge is 0.321 e. The van der Waals surface area contributed by atoms with Crippen molar-refractivity contribution in [1.82, 2.24) is 4.90 Å². The molecule has 1 aliphatic heterocycles. The summed E-state index contributed by atoms with van der Waals surface area (Å²) in [5.74, 6) is -1.29. The highest BCUT2D eigenvalue weighted by molar-refractivity contribution is 5.89. The van der Waals surface area contributed by atoms with Crippen LogP contribution in [0.1, 0.15) is 18.4 Å². The molecule has 0 bridgehead atoms. The minimum Gasteiger partial charge on any atom is -0.325 e. The largest absolute Gasteiger partial charge is 0.325 e. The van der Waals surface area contributed by atoms with E-state index in [1.165, 1.54) is 18.2 Å². The summed E-state index contributed by atoms with van der Waals surface area (Å²) in [6, 6.07) is 9.15. The summed E-state index contributed by atoms with van der Waals surface area (Å²) in [6.07, 6.45) is 2.51. The van der Waals surface area contributed by atoms with Gasteiger partial charge in [0.2, 0.25) is 0 Å². The van der Waals surface area contributed by atoms with E-state index in [0.29, 0.717) is 19.0 Å². The van der Waals surface area contributed by atoms with Crippen LogP contribution in [0.4, 0.5) is 23.7 Å². The number of nitrogens with zero attached hydrogens (tertiary/aromatic N) is 1. The summed E-state index contributed by atoms with van der Waals surface area (Å²) < 4.78 is 39.4. The van der Waals surface area contributed by atoms with Gasteiger partial charge in [-0.1, -0.05) is 12.1 Å². The second-order valence-electron chi connectivity index (χ2n) is 6.32. The fraction of sp³-hybridized carbons (Fsp3) is 0.316. The van der Waals surface area contributed by atoms with Gasteiger partial charge in [-0.05, 0) is 55.0 Å². The Kier molecular flexibility index (Phi) is 5.26. The Morgan fingerprint density at radius 3 is 2.28 bits per heavy atom. The molecule has 1 N–H and O–H groups in total. The van der Waals surface area contributed by atoms with E-state index < -0.39 is 11.6 Å². The molecule has 1 heterocycles. The van der Waals surface area contributed by atoms with Gasteiger partial charge in [0.15, 0.2) is 0 Å². The van der Waals surface area contributed by atoms with E-state index in [1.807, 2.05) is 0 Å². The first-order chi connectivity index (χ1) is 12.0. The SMILES string of the molecule is O=C(Nc1ccc(F)cc1F)N1CCC(Cc2ccc(F)cc2)CC1. The molecule has 0 atom stereocenters. The summed E-state index contributed by atoms with van der Waals surface area (Å²) in [5.41, 5.74) is 1.05. The molecule has 0 aliphatic carbocycles. The molecular formula is C19H19F3N2O. The number of piperidine rings is 1. The third-order valence-electron chi connectivity index (χ3n) is 4.51. The summed E-state index contributed by atoms with van der Waals surface area (Å²) in [4.78, 5) is 13.8. The van der Waals surface area contributed by atoms with Crippen LogP contribution in [0.15, 0.2) is 42.5 Å². The molecule has 0 spiro atoms. The van der Waals surface area contributed by atoms with Crippen molar-refractivity contribution >= 4 is 11.7 Å². The van der Waals surface area contributed by atoms with Crippen LogP contribution in [0.5, 0.6) is 0 Å². The molecular weight excluding hydrogens is 329 g/mol. The first-order valence-electron chi connectivity index (χ1n) is 8.26. The zero-order valence-corrected chi connectivity index (χ0v) is 13.6. The number of anilines is 1. The number of carbonyl (C=O) groups is 1. The Bertz CT molecular complexity index is 741. The Hall–Kier alpha value is -2.50. The zero-order chi connectivity index (χ0) is 17.8. The maximum absolute atomic E-state index is 13.6. The van der Waals surface area contributed by atoms with Crippen LogP contribution in [0.3, 0.4) is 0 Å². The summed E-state index contributed by atoms with van der Waals surface area (Å²) in [7, 11) is 0. The normalized spacial score (nSPS) is 15.2. The van der Waals surface area contributed by atoms with Gasteiger partial charge in [-0.2, -0.15) is 0 Å². The molecule has 2 aromatic carbocycles. The highest BCUT2D eigenvalue weighted by atomic mass is 19.1. The molecule has 2 aromatic rings. The van der Waals surface area contributed by atoms with Gasteiger partial charge in [-0.3, -0.25) is 0 Å². The Morgan fingerprint density at radius 2 is 1.64 bits per heavy atom. The molecule has 1 fully saturated rings. The van der Waals surface area contributed by atoms with Gasteiger partial charge in [0.1, 0.15) is 17.5 Å². The molecule has 3 nitrogen and oxygen atoms in total. The molecule has 6 heteroatoms. The highest BCUT2D eigenvalue weighted by Gasteiger charge is 2.23. The lowest BCUT2D eigenvalue weighted by atomic mass is 9.90. The predicted octanol–water partition coefficient (Wildman–Crippen LogP) is 4.59. The summed E-state index contributed by atoms with van der Waals surface area (Å²) in [6.45, 7) is 1.14. The van der Waals surface area contributed by atoms with Crippen molar-refractivity contribution in [2.24, 2.45) is 5.92 Å². The van der Waals surface area contributed by atoms with Crippen LogP contribution in [-0.2, 0) is 6.42 Å². The van der Waals surface area contributed by atoms with Crippen molar-refractivity contribution in [1.29, 1.82) is 0 Å². The molecule has 0 aromatic heterocycles. The second kappa shape index (κ2) is 7.59. The minimum atomic E-state index is -0.792. The van der Waals surface area contributed by atoms with Gasteiger partial charge >= 0.3 is 6.03 Å². The number of carbonyl (C=O) groups excluding carboxylic acids is 1. The van der Waals surface area contributed by atoms with E-state index in [1.54, 1.807) is 17.0 Å². The lowest BCUT2D eigenvalue weighted by molar-refractivity contribution is 0.182. The molecule has 3 rings (SSSR count). The lowest BCUT2D eigenvalue weighted by Crippen LogP contribution is -2.41. The van der Waals surface area contributed by atoms with Crippen LogP contribution in [0.2, 0.25) is 0 Å². The van der Waals surface area contributed by atoms with Crippen LogP contribution in [0.25, 0.3) is 0 Å². The van der Waals surface area contributed by atoms with E-state index in [4.69, 9.17) is 0 Å². The van der Waals surface area contributed by atoms with Crippen molar-refractivity contribution in [2.45, 2.75) is 19.3 Å². The van der Waals surface area contributed by atoms with Gasteiger partial charge in [-0.15, -0.1) is 0 Å². The number of hydrogen-bond acceptors (Lipinski definition) is 1. The van der Waals surface area contributed by atoms with E-state index in [0.717, 1.165) is 37.0 Å². The van der Waals surface area contributed by atoms with Crippen LogP contribution in [0, 0.1) is 23.4 Å². The Morgan fingerprint density at radius 1 is 1.00 bits per heavy atom. The monoisotopic (exact) mass is 348 g/mol. The quantitative estimate of drug-likeness (QED) is 0.864. The average molecular weight is 348 g/mol. The van der Waals surface area contributed by atoms with Gasteiger partial charge in [0.25, 0.3) is 0 Å². The van der Waals surface area contributed by atoms with Gasteiger partial charge in [-0.25, -0.2) is 18.0 Å². The molecule has 0 radical (unpaired) electrons. The molecule has 0 unspecified atom stereocenters. The van der Waals surface area contributed by atoms with Crippen molar-refractivity contribution in [3.8, 4) is 0 Å². The third-order valence-corrected chi connectivity index (χ3v) is 4.51. The van der Waals surface area contributed by atoms with Crippen molar-refractivity contribution in [2.75, 3.05) is 18.4 Å². The number of nitrogens with one attached hydrogen (secondary N) is 1. The number of rotatable bonds is 3. The zero-order valence-electron chi connectivity index (χ0n) is 13.6. The number of benzene rings is 2. The average Bonchev–Trinajstić information content (AvgIpc) is 2.60. The van der Waals surface area contributed by atoms with Crippen LogP contribution < -0.4 is 5.32 Å². The number of likely N-dealkylation sites (tertiary alicyclic amines) is 1. The maximum Gasteiger partial charge on any atom is 0.321 e. The lowest BCUT2D eigenvalue weighted by Gasteiger charge is -2.32. The topological polar surface area (TPSA) is 32.3 Å². The number of halogens is 3. The first-order valence-corrected chi connectivity index (χ1v) is 8.26. The van der Waals surface area contributed by atoms with Crippen molar-refractivity contribution < 1.29 is 18.0 Å². The fourth-order valence-corrected chi connectivity index (χ4v) is 3.08. The molecule has 2 amide bonds. The molecule has 0 saturated carbocycles. The predicted molar refractivity (Wildman–Crippen MR) is 89.8 cm³/mol. The van der Waals surface area contributed by atoms with Gasteiger partial charge in [0, 0.05) is 19.2 Å². The Labute approximate surface area is 144 Å². The fourth-order valence-electron chi connectivity index (χ4n) is 3.08. The van der Waals surface area contributed by atoms with Gasteiger partial charge in [0.05, 0.1) is 5.69 Å². The third kappa shape index (κ3) is 4.53. The second-order valence-corrected chi connectivity index (χ2v) is 6.32. The summed E-state index contributed by atoms with van der Waals surface area (Å²) in [5, 5.41) is 2.48. The van der Waals surface area contributed by atoms with Crippen LogP contribution in [-0.4, -0.2) is 24.0 Å². The van der Waals surface area contributed by atoms with E-state index in [9.17, 15) is 18.0 Å². The molecule has 1 saturated heterocycles. The molecule has 132 valence electrons. The maximum atomic E-state index is 13.6. The highest BCUT2D eigenvalue weighted by Crippen LogP contribution is 2.23. The van der Waals surface area contributed by atoms with Crippen molar-refractivity contribution in [3.05, 3.63) is 65.5 Å². The van der Waals surface area contributed by atoms with E-state index >= 15 is 0 Å².